The Bertz CT molecular complexity index is 1480. The van der Waals surface area contributed by atoms with Crippen molar-refractivity contribution < 1.29 is 14.3 Å². The number of aryl methyl sites for hydroxylation is 1. The van der Waals surface area contributed by atoms with Gasteiger partial charge in [-0.1, -0.05) is 17.8 Å². The van der Waals surface area contributed by atoms with Gasteiger partial charge in [0.2, 0.25) is 5.91 Å². The van der Waals surface area contributed by atoms with Gasteiger partial charge in [-0.05, 0) is 79.8 Å². The lowest BCUT2D eigenvalue weighted by Gasteiger charge is -2.13. The van der Waals surface area contributed by atoms with Crippen LogP contribution in [0.15, 0.2) is 71.7 Å². The molecule has 0 saturated heterocycles. The molecule has 0 atom stereocenters. The summed E-state index contributed by atoms with van der Waals surface area (Å²) in [6, 6.07) is 14.7. The van der Waals surface area contributed by atoms with Gasteiger partial charge in [0.25, 0.3) is 5.91 Å². The molecule has 0 spiro atoms. The number of amides is 2. The van der Waals surface area contributed by atoms with Crippen molar-refractivity contribution in [2.45, 2.75) is 37.4 Å². The summed E-state index contributed by atoms with van der Waals surface area (Å²) in [5.41, 5.74) is 4.27. The molecule has 2 aromatic carbocycles. The summed E-state index contributed by atoms with van der Waals surface area (Å²) >= 11 is 3.00. The fourth-order valence-corrected chi connectivity index (χ4v) is 6.36. The van der Waals surface area contributed by atoms with Crippen molar-refractivity contribution in [3.63, 3.8) is 0 Å². The number of rotatable bonds is 10. The molecule has 0 unspecified atom stereocenters. The van der Waals surface area contributed by atoms with E-state index in [1.165, 1.54) is 28.6 Å². The highest BCUT2D eigenvalue weighted by Crippen LogP contribution is 2.31. The van der Waals surface area contributed by atoms with E-state index >= 15 is 0 Å². The van der Waals surface area contributed by atoms with Crippen LogP contribution in [0.5, 0.6) is 5.75 Å². The van der Waals surface area contributed by atoms with Crippen LogP contribution in [0.1, 0.15) is 33.6 Å². The molecular formula is C29H29N5O3S2. The maximum atomic E-state index is 12.9. The van der Waals surface area contributed by atoms with Crippen molar-refractivity contribution in [1.82, 2.24) is 14.8 Å². The lowest BCUT2D eigenvalue weighted by atomic mass is 9.95. The summed E-state index contributed by atoms with van der Waals surface area (Å²) < 4.78 is 7.07. The maximum absolute atomic E-state index is 12.9. The summed E-state index contributed by atoms with van der Waals surface area (Å²) in [6.45, 7) is 4.35. The van der Waals surface area contributed by atoms with Gasteiger partial charge in [-0.3, -0.25) is 14.2 Å². The second kappa shape index (κ2) is 12.3. The highest BCUT2D eigenvalue weighted by molar-refractivity contribution is 7.99. The monoisotopic (exact) mass is 559 g/mol. The van der Waals surface area contributed by atoms with E-state index in [0.717, 1.165) is 41.8 Å². The molecule has 200 valence electrons. The molecule has 39 heavy (non-hydrogen) atoms. The molecule has 0 fully saturated rings. The second-order valence-electron chi connectivity index (χ2n) is 9.06. The number of ether oxygens (including phenoxy) is 1. The Morgan fingerprint density at radius 2 is 1.77 bits per heavy atom. The number of allylic oxidation sites excluding steroid dienone is 1. The SMILES string of the molecule is C=CCn1c(SCC(=O)Nc2ccc(OC)cc2)nnc1-c1ccc(NC(=O)c2csc3c2CCCC3)cc1. The largest absolute Gasteiger partial charge is 0.497 e. The summed E-state index contributed by atoms with van der Waals surface area (Å²) in [7, 11) is 1.60. The Morgan fingerprint density at radius 1 is 1.05 bits per heavy atom. The molecule has 0 saturated carbocycles. The lowest BCUT2D eigenvalue weighted by Crippen LogP contribution is -2.14. The minimum atomic E-state index is -0.146. The molecule has 4 aromatic rings. The number of thioether (sulfide) groups is 1. The predicted molar refractivity (Wildman–Crippen MR) is 157 cm³/mol. The number of aromatic nitrogens is 3. The Labute approximate surface area is 235 Å². The molecule has 0 bridgehead atoms. The number of anilines is 2. The minimum Gasteiger partial charge on any atom is -0.497 e. The molecule has 0 radical (unpaired) electrons. The number of hydrogen-bond acceptors (Lipinski definition) is 7. The van der Waals surface area contributed by atoms with Gasteiger partial charge >= 0.3 is 0 Å². The second-order valence-corrected chi connectivity index (χ2v) is 11.0. The Hall–Kier alpha value is -3.89. The van der Waals surface area contributed by atoms with Gasteiger partial charge in [-0.15, -0.1) is 28.1 Å². The number of carbonyl (C=O) groups is 2. The van der Waals surface area contributed by atoms with Gasteiger partial charge in [0.1, 0.15) is 5.75 Å². The summed E-state index contributed by atoms with van der Waals surface area (Å²) in [5, 5.41) is 17.2. The van der Waals surface area contributed by atoms with E-state index in [9.17, 15) is 9.59 Å². The first-order valence-corrected chi connectivity index (χ1v) is 14.5. The number of benzene rings is 2. The molecule has 2 heterocycles. The molecule has 2 amide bonds. The average molecular weight is 560 g/mol. The normalized spacial score (nSPS) is 12.4. The summed E-state index contributed by atoms with van der Waals surface area (Å²) in [4.78, 5) is 26.8. The first-order valence-electron chi connectivity index (χ1n) is 12.7. The minimum absolute atomic E-state index is 0.0661. The Morgan fingerprint density at radius 3 is 2.51 bits per heavy atom. The van der Waals surface area contributed by atoms with Crippen LogP contribution in [0, 0.1) is 0 Å². The van der Waals surface area contributed by atoms with Crippen LogP contribution < -0.4 is 15.4 Å². The van der Waals surface area contributed by atoms with E-state index in [1.54, 1.807) is 48.8 Å². The van der Waals surface area contributed by atoms with Crippen molar-refractivity contribution in [2.75, 3.05) is 23.5 Å². The van der Waals surface area contributed by atoms with Crippen LogP contribution in [0.3, 0.4) is 0 Å². The summed E-state index contributed by atoms with van der Waals surface area (Å²) in [6.07, 6.45) is 6.15. The molecule has 2 aromatic heterocycles. The Balaban J connectivity index is 1.23. The third kappa shape index (κ3) is 6.23. The molecule has 5 rings (SSSR count). The number of nitrogens with zero attached hydrogens (tertiary/aromatic N) is 3. The molecule has 8 nitrogen and oxygen atoms in total. The van der Waals surface area contributed by atoms with Crippen LogP contribution in [0.4, 0.5) is 11.4 Å². The van der Waals surface area contributed by atoms with Gasteiger partial charge in [0, 0.05) is 33.7 Å². The molecule has 1 aliphatic rings. The van der Waals surface area contributed by atoms with Crippen molar-refractivity contribution in [3.8, 4) is 17.1 Å². The van der Waals surface area contributed by atoms with Crippen molar-refractivity contribution >= 4 is 46.3 Å². The van der Waals surface area contributed by atoms with Crippen LogP contribution >= 0.6 is 23.1 Å². The zero-order valence-corrected chi connectivity index (χ0v) is 23.2. The number of fused-ring (bicyclic) bond motifs is 1. The highest BCUT2D eigenvalue weighted by Gasteiger charge is 2.20. The van der Waals surface area contributed by atoms with Crippen molar-refractivity contribution in [3.05, 3.63) is 82.6 Å². The van der Waals surface area contributed by atoms with Crippen molar-refractivity contribution in [1.29, 1.82) is 0 Å². The molecular weight excluding hydrogens is 530 g/mol. The van der Waals surface area contributed by atoms with E-state index in [1.807, 2.05) is 34.2 Å². The van der Waals surface area contributed by atoms with Crippen LogP contribution in [-0.4, -0.2) is 39.4 Å². The fraction of sp³-hybridized carbons (Fsp3) is 0.241. The number of hydrogen-bond donors (Lipinski definition) is 2. The number of methoxy groups -OCH3 is 1. The molecule has 0 aliphatic heterocycles. The molecule has 1 aliphatic carbocycles. The van der Waals surface area contributed by atoms with Gasteiger partial charge in [0.05, 0.1) is 18.4 Å². The van der Waals surface area contributed by atoms with E-state index in [-0.39, 0.29) is 17.6 Å². The smallest absolute Gasteiger partial charge is 0.256 e. The topological polar surface area (TPSA) is 98.1 Å². The zero-order valence-electron chi connectivity index (χ0n) is 21.6. The average Bonchev–Trinajstić information content (AvgIpc) is 3.57. The van der Waals surface area contributed by atoms with Gasteiger partial charge in [-0.2, -0.15) is 0 Å². The predicted octanol–water partition coefficient (Wildman–Crippen LogP) is 6.06. The lowest BCUT2D eigenvalue weighted by molar-refractivity contribution is -0.113. The van der Waals surface area contributed by atoms with Crippen LogP contribution in [0.2, 0.25) is 0 Å². The first kappa shape index (κ1) is 26.7. The third-order valence-corrected chi connectivity index (χ3v) is 8.50. The van der Waals surface area contributed by atoms with Crippen LogP contribution in [0.25, 0.3) is 11.4 Å². The quantitative estimate of drug-likeness (QED) is 0.181. The van der Waals surface area contributed by atoms with Gasteiger partial charge < -0.3 is 15.4 Å². The summed E-state index contributed by atoms with van der Waals surface area (Å²) in [5.74, 6) is 1.36. The standard InChI is InChI=1S/C29H29N5O3S2/c1-3-16-34-27(32-33-29(34)39-18-26(35)30-20-12-14-22(37-2)15-13-20)19-8-10-21(11-9-19)31-28(36)24-17-38-25-7-5-4-6-23(24)25/h3,8-15,17H,1,4-7,16,18H2,2H3,(H,30,35)(H,31,36). The highest BCUT2D eigenvalue weighted by atomic mass is 32.2. The number of nitrogens with one attached hydrogen (secondary N) is 2. The first-order chi connectivity index (χ1) is 19.1. The van der Waals surface area contributed by atoms with E-state index in [2.05, 4.69) is 27.4 Å². The van der Waals surface area contributed by atoms with Gasteiger partial charge in [0.15, 0.2) is 11.0 Å². The maximum Gasteiger partial charge on any atom is 0.256 e. The Kier molecular flexibility index (Phi) is 8.43. The number of carbonyl (C=O) groups excluding carboxylic acids is 2. The van der Waals surface area contributed by atoms with Crippen molar-refractivity contribution in [2.24, 2.45) is 0 Å². The molecule has 10 heteroatoms. The van der Waals surface area contributed by atoms with E-state index < -0.39 is 0 Å². The van der Waals surface area contributed by atoms with E-state index in [4.69, 9.17) is 4.74 Å². The third-order valence-electron chi connectivity index (χ3n) is 6.44. The molecule has 2 N–H and O–H groups in total. The fourth-order valence-electron chi connectivity index (χ4n) is 4.49. The zero-order chi connectivity index (χ0) is 27.2. The number of thiophene rings is 1. The van der Waals surface area contributed by atoms with Gasteiger partial charge in [-0.25, -0.2) is 0 Å². The van der Waals surface area contributed by atoms with Crippen LogP contribution in [-0.2, 0) is 24.2 Å². The van der Waals surface area contributed by atoms with E-state index in [0.29, 0.717) is 23.2 Å².